The Morgan fingerprint density at radius 2 is 1.57 bits per heavy atom. The molecule has 1 saturated heterocycles. The van der Waals surface area contributed by atoms with Gasteiger partial charge in [0.1, 0.15) is 4.75 Å². The van der Waals surface area contributed by atoms with Gasteiger partial charge < -0.3 is 15.7 Å². The average molecular weight is 513 g/mol. The molecule has 0 saturated carbocycles. The van der Waals surface area contributed by atoms with Crippen molar-refractivity contribution < 1.29 is 23.1 Å². The number of carbonyl (C=O) groups is 2. The second-order valence-electron chi connectivity index (χ2n) is 8.64. The maximum atomic E-state index is 13.0. The minimum Gasteiger partial charge on any atom is -0.481 e. The van der Waals surface area contributed by atoms with Gasteiger partial charge in [-0.05, 0) is 60.7 Å². The number of carboxylic acids is 1. The molecule has 9 heteroatoms. The molecule has 2 amide bonds. The van der Waals surface area contributed by atoms with Gasteiger partial charge in [-0.2, -0.15) is 0 Å². The summed E-state index contributed by atoms with van der Waals surface area (Å²) in [7, 11) is -3.56. The zero-order valence-electron chi connectivity index (χ0n) is 19.4. The number of urea groups is 1. The molecule has 1 atom stereocenters. The zero-order valence-corrected chi connectivity index (χ0v) is 21.0. The van der Waals surface area contributed by atoms with E-state index in [0.717, 1.165) is 21.6 Å². The molecule has 3 N–H and O–H groups in total. The maximum Gasteiger partial charge on any atom is 0.319 e. The summed E-state index contributed by atoms with van der Waals surface area (Å²) in [5, 5.41) is 15.0. The molecule has 0 aliphatic carbocycles. The van der Waals surface area contributed by atoms with E-state index in [4.69, 9.17) is 0 Å². The van der Waals surface area contributed by atoms with Gasteiger partial charge >= 0.3 is 12.0 Å². The fourth-order valence-corrected chi connectivity index (χ4v) is 8.28. The normalized spacial score (nSPS) is 19.1. The van der Waals surface area contributed by atoms with Crippen molar-refractivity contribution in [2.24, 2.45) is 0 Å². The van der Waals surface area contributed by atoms with Gasteiger partial charge in [0.05, 0.1) is 12.2 Å². The van der Waals surface area contributed by atoms with Crippen LogP contribution in [0.4, 0.5) is 10.5 Å². The van der Waals surface area contributed by atoms with Crippen molar-refractivity contribution in [3.05, 3.63) is 65.5 Å². The van der Waals surface area contributed by atoms with Gasteiger partial charge in [-0.25, -0.2) is 13.2 Å². The summed E-state index contributed by atoms with van der Waals surface area (Å²) < 4.78 is 24.7. The lowest BCUT2D eigenvalue weighted by atomic mass is 9.95. The smallest absolute Gasteiger partial charge is 0.319 e. The number of aliphatic carboxylic acids is 1. The van der Waals surface area contributed by atoms with E-state index in [0.29, 0.717) is 36.4 Å². The highest BCUT2D eigenvalue weighted by Gasteiger charge is 2.49. The van der Waals surface area contributed by atoms with Gasteiger partial charge in [-0.3, -0.25) is 4.79 Å². The number of nitrogens with one attached hydrogen (secondary N) is 2. The van der Waals surface area contributed by atoms with Crippen molar-refractivity contribution in [3.63, 3.8) is 0 Å². The van der Waals surface area contributed by atoms with E-state index >= 15 is 0 Å². The average Bonchev–Trinajstić information content (AvgIpc) is 3.32. The molecule has 184 valence electrons. The van der Waals surface area contributed by atoms with Crippen molar-refractivity contribution >= 4 is 38.9 Å². The van der Waals surface area contributed by atoms with Gasteiger partial charge in [0, 0.05) is 22.0 Å². The predicted molar refractivity (Wildman–Crippen MR) is 139 cm³/mol. The van der Waals surface area contributed by atoms with Crippen LogP contribution in [-0.4, -0.2) is 37.8 Å². The number of carbonyl (C=O) groups excluding carboxylic acids is 1. The SMILES string of the molecule is CCNC(=O)Nc1ccc(-c2ccc(-c3ccc([C@@]4(CC(=O)O)CCCCS4(=O)=O)s3)cc2)cc1. The number of hydrogen-bond acceptors (Lipinski definition) is 5. The molecule has 2 aromatic carbocycles. The lowest BCUT2D eigenvalue weighted by Crippen LogP contribution is -2.41. The van der Waals surface area contributed by atoms with E-state index in [9.17, 15) is 23.1 Å². The van der Waals surface area contributed by atoms with Crippen LogP contribution >= 0.6 is 11.3 Å². The molecule has 35 heavy (non-hydrogen) atoms. The number of benzene rings is 2. The van der Waals surface area contributed by atoms with Crippen LogP contribution in [0.25, 0.3) is 21.6 Å². The quantitative estimate of drug-likeness (QED) is 0.387. The Labute approximate surface area is 209 Å². The zero-order chi connectivity index (χ0) is 25.1. The molecule has 3 aromatic rings. The molecule has 0 spiro atoms. The lowest BCUT2D eigenvalue weighted by Gasteiger charge is -2.34. The van der Waals surface area contributed by atoms with Gasteiger partial charge in [0.25, 0.3) is 0 Å². The Hall–Kier alpha value is -3.17. The summed E-state index contributed by atoms with van der Waals surface area (Å²) in [4.78, 5) is 24.8. The third-order valence-electron chi connectivity index (χ3n) is 6.31. The lowest BCUT2D eigenvalue weighted by molar-refractivity contribution is -0.137. The predicted octanol–water partition coefficient (Wildman–Crippen LogP) is 5.49. The molecule has 4 rings (SSSR count). The van der Waals surface area contributed by atoms with Crippen LogP contribution < -0.4 is 10.6 Å². The third kappa shape index (κ3) is 5.26. The summed E-state index contributed by atoms with van der Waals surface area (Å²) in [6.45, 7) is 2.41. The standard InChI is InChI=1S/C26H28N2O5S2/c1-2-27-25(31)28-21-11-9-19(10-12-21)18-5-7-20(8-6-18)22-13-14-23(34-22)26(17-24(29)30)15-3-4-16-35(26,32)33/h5-14H,2-4,15-17H2,1H3,(H,29,30)(H2,27,28,31)/t26-/m0/s1. The molecule has 1 fully saturated rings. The van der Waals surface area contributed by atoms with Crippen LogP contribution in [0, 0.1) is 0 Å². The highest BCUT2D eigenvalue weighted by Crippen LogP contribution is 2.47. The van der Waals surface area contributed by atoms with Crippen LogP contribution in [-0.2, 0) is 19.4 Å². The van der Waals surface area contributed by atoms with E-state index in [2.05, 4.69) is 10.6 Å². The van der Waals surface area contributed by atoms with Crippen molar-refractivity contribution in [2.75, 3.05) is 17.6 Å². The van der Waals surface area contributed by atoms with E-state index in [1.807, 2.05) is 61.5 Å². The minimum atomic E-state index is -3.56. The molecule has 1 aliphatic heterocycles. The summed E-state index contributed by atoms with van der Waals surface area (Å²) in [5.41, 5.74) is 3.65. The van der Waals surface area contributed by atoms with Crippen molar-refractivity contribution in [3.8, 4) is 21.6 Å². The minimum absolute atomic E-state index is 0.0276. The van der Waals surface area contributed by atoms with Gasteiger partial charge in [0.15, 0.2) is 9.84 Å². The number of hydrogen-bond donors (Lipinski definition) is 3. The molecule has 1 aromatic heterocycles. The molecule has 0 unspecified atom stereocenters. The fourth-order valence-electron chi connectivity index (χ4n) is 4.51. The van der Waals surface area contributed by atoms with Gasteiger partial charge in [-0.15, -0.1) is 11.3 Å². The maximum absolute atomic E-state index is 13.0. The number of amides is 2. The first-order valence-corrected chi connectivity index (χ1v) is 14.0. The Morgan fingerprint density at radius 3 is 2.17 bits per heavy atom. The van der Waals surface area contributed by atoms with E-state index in [1.54, 1.807) is 6.07 Å². The largest absolute Gasteiger partial charge is 0.481 e. The molecule has 1 aliphatic rings. The monoisotopic (exact) mass is 512 g/mol. The molecule has 7 nitrogen and oxygen atoms in total. The first-order chi connectivity index (χ1) is 16.7. The van der Waals surface area contributed by atoms with E-state index in [1.165, 1.54) is 11.3 Å². The molecular formula is C26H28N2O5S2. The molecule has 0 radical (unpaired) electrons. The second kappa shape index (κ2) is 10.2. The molecular weight excluding hydrogens is 484 g/mol. The third-order valence-corrected chi connectivity index (χ3v) is 10.4. The van der Waals surface area contributed by atoms with Crippen LogP contribution in [0.15, 0.2) is 60.7 Å². The van der Waals surface area contributed by atoms with Crippen LogP contribution in [0.1, 0.15) is 37.5 Å². The first-order valence-electron chi connectivity index (χ1n) is 11.5. The summed E-state index contributed by atoms with van der Waals surface area (Å²) in [6, 6.07) is 18.9. The topological polar surface area (TPSA) is 113 Å². The number of thiophene rings is 1. The van der Waals surface area contributed by atoms with Crippen molar-refractivity contribution in [1.29, 1.82) is 0 Å². The highest BCUT2D eigenvalue weighted by atomic mass is 32.2. The van der Waals surface area contributed by atoms with Crippen LogP contribution in [0.2, 0.25) is 0 Å². The number of sulfone groups is 1. The number of rotatable bonds is 7. The Balaban J connectivity index is 1.55. The Kier molecular flexibility index (Phi) is 7.28. The first kappa shape index (κ1) is 24.9. The fraction of sp³-hybridized carbons (Fsp3) is 0.308. The van der Waals surface area contributed by atoms with Gasteiger partial charge in [-0.1, -0.05) is 42.8 Å². The molecule has 2 heterocycles. The summed E-state index contributed by atoms with van der Waals surface area (Å²) in [5.74, 6) is -1.07. The number of anilines is 1. The van der Waals surface area contributed by atoms with E-state index < -0.39 is 27.0 Å². The van der Waals surface area contributed by atoms with Crippen LogP contribution in [0.3, 0.4) is 0 Å². The summed E-state index contributed by atoms with van der Waals surface area (Å²) in [6.07, 6.45) is 1.21. The highest BCUT2D eigenvalue weighted by molar-refractivity contribution is 7.92. The van der Waals surface area contributed by atoms with Gasteiger partial charge in [0.2, 0.25) is 0 Å². The van der Waals surface area contributed by atoms with Crippen LogP contribution in [0.5, 0.6) is 0 Å². The van der Waals surface area contributed by atoms with Crippen molar-refractivity contribution in [2.45, 2.75) is 37.4 Å². The molecule has 0 bridgehead atoms. The Morgan fingerprint density at radius 1 is 0.943 bits per heavy atom. The number of carboxylic acid groups (broad SMARTS) is 1. The Bertz CT molecular complexity index is 1310. The summed E-state index contributed by atoms with van der Waals surface area (Å²) >= 11 is 1.36. The van der Waals surface area contributed by atoms with E-state index in [-0.39, 0.29) is 11.8 Å². The van der Waals surface area contributed by atoms with Crippen molar-refractivity contribution in [1.82, 2.24) is 5.32 Å². The second-order valence-corrected chi connectivity index (χ2v) is 12.1.